The van der Waals surface area contributed by atoms with E-state index < -0.39 is 0 Å². The van der Waals surface area contributed by atoms with Crippen LogP contribution in [0.4, 0.5) is 5.69 Å². The van der Waals surface area contributed by atoms with Gasteiger partial charge in [0.2, 0.25) is 0 Å². The Morgan fingerprint density at radius 3 is 2.59 bits per heavy atom. The molecule has 0 radical (unpaired) electrons. The minimum Gasteiger partial charge on any atom is -0.364 e. The van der Waals surface area contributed by atoms with Crippen LogP contribution in [-0.2, 0) is 33.0 Å². The largest absolute Gasteiger partial charge is 0.364 e. The standard InChI is InChI=1S/C28H40N8O/c1-6-20-17-36(24-15-26(37)32(5)25-18-33(14-13-29)31-27(24)25)21(7-2)16-35(20)19(4)28-30-22-11-9-10-12-23(22)34(28)8-3/h15,18-21H,6-12,14,16-17H2,1-5H3/t19?,20-,21+/m1/s1. The van der Waals surface area contributed by atoms with Crippen LogP contribution in [0, 0.1) is 11.3 Å². The molecule has 1 unspecified atom stereocenters. The van der Waals surface area contributed by atoms with E-state index in [4.69, 9.17) is 10.1 Å². The molecule has 1 saturated heterocycles. The molecule has 0 saturated carbocycles. The molecule has 4 heterocycles. The van der Waals surface area contributed by atoms with Crippen LogP contribution in [0.1, 0.15) is 76.6 Å². The number of nitrogens with zero attached hydrogens (tertiary/aromatic N) is 8. The highest BCUT2D eigenvalue weighted by atomic mass is 16.1. The van der Waals surface area contributed by atoms with Gasteiger partial charge in [0.25, 0.3) is 5.56 Å². The highest BCUT2D eigenvalue weighted by Gasteiger charge is 2.38. The van der Waals surface area contributed by atoms with Gasteiger partial charge < -0.3 is 14.0 Å². The summed E-state index contributed by atoms with van der Waals surface area (Å²) in [5.41, 5.74) is 5.16. The zero-order chi connectivity index (χ0) is 26.3. The first-order chi connectivity index (χ1) is 17.9. The van der Waals surface area contributed by atoms with Crippen molar-refractivity contribution in [3.63, 3.8) is 0 Å². The molecule has 2 aliphatic rings. The highest BCUT2D eigenvalue weighted by Crippen LogP contribution is 2.35. The minimum atomic E-state index is -0.0479. The maximum absolute atomic E-state index is 12.9. The number of fused-ring (bicyclic) bond motifs is 2. The van der Waals surface area contributed by atoms with Gasteiger partial charge in [-0.25, -0.2) is 4.98 Å². The molecular weight excluding hydrogens is 464 g/mol. The van der Waals surface area contributed by atoms with Gasteiger partial charge in [0, 0.05) is 50.5 Å². The van der Waals surface area contributed by atoms with Crippen molar-refractivity contribution in [3.8, 4) is 6.07 Å². The number of imidazole rings is 1. The predicted molar refractivity (Wildman–Crippen MR) is 146 cm³/mol. The summed E-state index contributed by atoms with van der Waals surface area (Å²) in [6, 6.07) is 4.70. The second kappa shape index (κ2) is 10.3. The van der Waals surface area contributed by atoms with Crippen LogP contribution in [0.2, 0.25) is 0 Å². The third kappa shape index (κ3) is 4.35. The summed E-state index contributed by atoms with van der Waals surface area (Å²) in [5.74, 6) is 1.21. The van der Waals surface area contributed by atoms with Crippen LogP contribution in [0.15, 0.2) is 17.1 Å². The van der Waals surface area contributed by atoms with E-state index in [9.17, 15) is 10.1 Å². The Balaban J connectivity index is 1.51. The Morgan fingerprint density at radius 2 is 1.89 bits per heavy atom. The summed E-state index contributed by atoms with van der Waals surface area (Å²) in [7, 11) is 1.77. The van der Waals surface area contributed by atoms with E-state index >= 15 is 0 Å². The monoisotopic (exact) mass is 504 g/mol. The Hall–Kier alpha value is -3.12. The van der Waals surface area contributed by atoms with Gasteiger partial charge in [-0.15, -0.1) is 0 Å². The number of rotatable bonds is 7. The van der Waals surface area contributed by atoms with Crippen LogP contribution in [-0.4, -0.2) is 54.0 Å². The third-order valence-corrected chi connectivity index (χ3v) is 8.61. The molecule has 3 atom stereocenters. The number of aryl methyl sites for hydroxylation is 2. The molecule has 1 aliphatic carbocycles. The van der Waals surface area contributed by atoms with E-state index in [0.717, 1.165) is 62.0 Å². The van der Waals surface area contributed by atoms with Crippen molar-refractivity contribution in [2.24, 2.45) is 7.05 Å². The molecule has 37 heavy (non-hydrogen) atoms. The van der Waals surface area contributed by atoms with Crippen LogP contribution >= 0.6 is 0 Å². The Bertz CT molecular complexity index is 1380. The molecular formula is C28H40N8O. The Labute approximate surface area is 219 Å². The van der Waals surface area contributed by atoms with E-state index in [1.807, 2.05) is 6.20 Å². The molecule has 3 aromatic rings. The molecule has 9 nitrogen and oxygen atoms in total. The van der Waals surface area contributed by atoms with Gasteiger partial charge in [0.05, 0.1) is 35.2 Å². The topological polar surface area (TPSA) is 87.9 Å². The molecule has 1 aliphatic heterocycles. The lowest BCUT2D eigenvalue weighted by molar-refractivity contribution is 0.0950. The predicted octanol–water partition coefficient (Wildman–Crippen LogP) is 3.79. The zero-order valence-electron chi connectivity index (χ0n) is 22.9. The molecule has 198 valence electrons. The average Bonchev–Trinajstić information content (AvgIpc) is 3.51. The first kappa shape index (κ1) is 25.5. The number of aromatic nitrogens is 5. The molecule has 0 amide bonds. The fourth-order valence-corrected chi connectivity index (χ4v) is 6.51. The van der Waals surface area contributed by atoms with Gasteiger partial charge in [-0.05, 0) is 52.4 Å². The van der Waals surface area contributed by atoms with Crippen molar-refractivity contribution < 1.29 is 0 Å². The van der Waals surface area contributed by atoms with E-state index in [2.05, 4.69) is 48.1 Å². The molecule has 0 bridgehead atoms. The van der Waals surface area contributed by atoms with Gasteiger partial charge in [0.1, 0.15) is 17.9 Å². The van der Waals surface area contributed by atoms with E-state index in [1.165, 1.54) is 30.1 Å². The number of hydrogen-bond acceptors (Lipinski definition) is 6. The van der Waals surface area contributed by atoms with Crippen molar-refractivity contribution in [1.29, 1.82) is 5.26 Å². The number of nitriles is 1. The zero-order valence-corrected chi connectivity index (χ0v) is 22.9. The molecule has 0 aromatic carbocycles. The SMILES string of the molecule is CC[C@H]1CN(C(C)c2nc3c(n2CC)CCCC3)[C@H](CC)CN1c1cc(=O)n(C)c2cn(CC#N)nc12. The summed E-state index contributed by atoms with van der Waals surface area (Å²) in [5, 5.41) is 13.9. The summed E-state index contributed by atoms with van der Waals surface area (Å²) < 4.78 is 5.74. The first-order valence-corrected chi connectivity index (χ1v) is 14.0. The number of piperazine rings is 1. The lowest BCUT2D eigenvalue weighted by Gasteiger charge is -2.49. The van der Waals surface area contributed by atoms with Gasteiger partial charge in [-0.3, -0.25) is 14.4 Å². The Kier molecular flexibility index (Phi) is 7.13. The summed E-state index contributed by atoms with van der Waals surface area (Å²) in [6.07, 6.45) is 8.53. The summed E-state index contributed by atoms with van der Waals surface area (Å²) in [4.78, 5) is 23.2. The molecule has 3 aromatic heterocycles. The quantitative estimate of drug-likeness (QED) is 0.486. The Morgan fingerprint density at radius 1 is 1.14 bits per heavy atom. The lowest BCUT2D eigenvalue weighted by atomic mass is 9.99. The normalized spacial score (nSPS) is 21.2. The van der Waals surface area contributed by atoms with E-state index in [1.54, 1.807) is 22.4 Å². The second-order valence-electron chi connectivity index (χ2n) is 10.6. The summed E-state index contributed by atoms with van der Waals surface area (Å²) in [6.45, 7) is 11.9. The van der Waals surface area contributed by atoms with Gasteiger partial charge >= 0.3 is 0 Å². The van der Waals surface area contributed by atoms with Crippen LogP contribution in [0.5, 0.6) is 0 Å². The maximum atomic E-state index is 12.9. The van der Waals surface area contributed by atoms with Crippen LogP contribution < -0.4 is 10.5 Å². The van der Waals surface area contributed by atoms with Gasteiger partial charge in [-0.2, -0.15) is 10.4 Å². The fourth-order valence-electron chi connectivity index (χ4n) is 6.51. The molecule has 0 spiro atoms. The van der Waals surface area contributed by atoms with Crippen molar-refractivity contribution in [2.75, 3.05) is 18.0 Å². The maximum Gasteiger partial charge on any atom is 0.252 e. The van der Waals surface area contributed by atoms with E-state index in [0.29, 0.717) is 6.04 Å². The molecule has 0 N–H and O–H groups in total. The van der Waals surface area contributed by atoms with Crippen molar-refractivity contribution in [1.82, 2.24) is 28.8 Å². The third-order valence-electron chi connectivity index (χ3n) is 8.61. The number of anilines is 1. The average molecular weight is 505 g/mol. The highest BCUT2D eigenvalue weighted by molar-refractivity contribution is 5.88. The van der Waals surface area contributed by atoms with Crippen molar-refractivity contribution in [2.45, 2.75) is 97.4 Å². The lowest BCUT2D eigenvalue weighted by Crippen LogP contribution is -2.59. The van der Waals surface area contributed by atoms with Crippen LogP contribution in [0.25, 0.3) is 11.0 Å². The van der Waals surface area contributed by atoms with Crippen molar-refractivity contribution in [3.05, 3.63) is 39.8 Å². The molecule has 1 fully saturated rings. The van der Waals surface area contributed by atoms with Gasteiger partial charge in [0.15, 0.2) is 0 Å². The second-order valence-corrected chi connectivity index (χ2v) is 10.6. The smallest absolute Gasteiger partial charge is 0.252 e. The van der Waals surface area contributed by atoms with E-state index in [-0.39, 0.29) is 24.2 Å². The molecule has 9 heteroatoms. The number of hydrogen-bond donors (Lipinski definition) is 0. The fraction of sp³-hybridized carbons (Fsp3) is 0.643. The number of pyridine rings is 1. The summed E-state index contributed by atoms with van der Waals surface area (Å²) >= 11 is 0. The molecule has 5 rings (SSSR count). The van der Waals surface area contributed by atoms with Crippen molar-refractivity contribution >= 4 is 16.7 Å². The minimum absolute atomic E-state index is 0.0479. The van der Waals surface area contributed by atoms with Gasteiger partial charge in [-0.1, -0.05) is 13.8 Å². The first-order valence-electron chi connectivity index (χ1n) is 14.0. The van der Waals surface area contributed by atoms with Crippen LogP contribution in [0.3, 0.4) is 0 Å².